The lowest BCUT2D eigenvalue weighted by Gasteiger charge is -2.18. The van der Waals surface area contributed by atoms with Gasteiger partial charge in [0.05, 0.1) is 13.2 Å². The van der Waals surface area contributed by atoms with Crippen molar-refractivity contribution in [3.05, 3.63) is 29.8 Å². The van der Waals surface area contributed by atoms with Crippen molar-refractivity contribution in [3.8, 4) is 5.75 Å². The molecule has 3 heteroatoms. The first-order valence-electron chi connectivity index (χ1n) is 5.45. The number of hydrogen-bond acceptors (Lipinski definition) is 3. The topological polar surface area (TPSA) is 38.3 Å². The fourth-order valence-electron chi connectivity index (χ4n) is 1.72. The molecule has 0 fully saturated rings. The van der Waals surface area contributed by atoms with Gasteiger partial charge >= 0.3 is 0 Å². The second-order valence-electron chi connectivity index (χ2n) is 4.11. The number of methoxy groups -OCH3 is 1. The molecule has 16 heavy (non-hydrogen) atoms. The summed E-state index contributed by atoms with van der Waals surface area (Å²) in [5, 5.41) is 3.05. The van der Waals surface area contributed by atoms with Gasteiger partial charge in [-0.2, -0.15) is 0 Å². The van der Waals surface area contributed by atoms with Gasteiger partial charge in [0.15, 0.2) is 5.78 Å². The molecule has 0 amide bonds. The molecular weight excluding hydrogens is 202 g/mol. The lowest BCUT2D eigenvalue weighted by atomic mass is 9.95. The summed E-state index contributed by atoms with van der Waals surface area (Å²) in [6, 6.07) is 7.11. The molecule has 88 valence electrons. The summed E-state index contributed by atoms with van der Waals surface area (Å²) >= 11 is 0. The van der Waals surface area contributed by atoms with E-state index in [4.69, 9.17) is 4.74 Å². The molecule has 3 nitrogen and oxygen atoms in total. The predicted molar refractivity (Wildman–Crippen MR) is 65.0 cm³/mol. The summed E-state index contributed by atoms with van der Waals surface area (Å²) in [7, 11) is 3.41. The van der Waals surface area contributed by atoms with E-state index in [-0.39, 0.29) is 17.7 Å². The average Bonchev–Trinajstić information content (AvgIpc) is 2.29. The van der Waals surface area contributed by atoms with E-state index in [2.05, 4.69) is 5.32 Å². The Bertz CT molecular complexity index is 361. The van der Waals surface area contributed by atoms with E-state index in [0.717, 1.165) is 0 Å². The second-order valence-corrected chi connectivity index (χ2v) is 4.11. The smallest absolute Gasteiger partial charge is 0.180 e. The van der Waals surface area contributed by atoms with Crippen molar-refractivity contribution in [2.45, 2.75) is 19.9 Å². The van der Waals surface area contributed by atoms with Crippen LogP contribution in [0.5, 0.6) is 5.75 Å². The van der Waals surface area contributed by atoms with Crippen LogP contribution in [0.3, 0.4) is 0 Å². The number of carbonyl (C=O) groups is 1. The maximum atomic E-state index is 12.2. The quantitative estimate of drug-likeness (QED) is 0.774. The zero-order valence-electron chi connectivity index (χ0n) is 10.3. The minimum Gasteiger partial charge on any atom is -0.497 e. The van der Waals surface area contributed by atoms with Crippen LogP contribution in [0, 0.1) is 5.92 Å². The number of likely N-dealkylation sites (N-methyl/N-ethyl adjacent to an activating group) is 1. The Morgan fingerprint density at radius 3 is 2.56 bits per heavy atom. The molecule has 0 bridgehead atoms. The van der Waals surface area contributed by atoms with Crippen LogP contribution in [0.2, 0.25) is 0 Å². The third kappa shape index (κ3) is 2.83. The molecule has 1 N–H and O–H groups in total. The summed E-state index contributed by atoms with van der Waals surface area (Å²) < 4.78 is 5.11. The molecule has 0 aromatic heterocycles. The minimum absolute atomic E-state index is 0.108. The van der Waals surface area contributed by atoms with Crippen LogP contribution in [0.25, 0.3) is 0 Å². The number of benzene rings is 1. The van der Waals surface area contributed by atoms with Gasteiger partial charge in [0.1, 0.15) is 5.75 Å². The second kappa shape index (κ2) is 5.66. The summed E-state index contributed by atoms with van der Waals surface area (Å²) in [5.74, 6) is 1.09. The molecule has 0 spiro atoms. The van der Waals surface area contributed by atoms with Crippen LogP contribution in [-0.2, 0) is 0 Å². The third-order valence-electron chi connectivity index (χ3n) is 2.61. The van der Waals surface area contributed by atoms with E-state index >= 15 is 0 Å². The Morgan fingerprint density at radius 2 is 2.06 bits per heavy atom. The molecule has 0 aliphatic carbocycles. The van der Waals surface area contributed by atoms with Crippen LogP contribution in [0.4, 0.5) is 0 Å². The molecule has 0 heterocycles. The molecule has 0 saturated heterocycles. The van der Waals surface area contributed by atoms with E-state index in [9.17, 15) is 4.79 Å². The first-order valence-corrected chi connectivity index (χ1v) is 5.45. The minimum atomic E-state index is -0.146. The van der Waals surface area contributed by atoms with Crippen LogP contribution in [0.1, 0.15) is 24.2 Å². The van der Waals surface area contributed by atoms with Crippen molar-refractivity contribution in [3.63, 3.8) is 0 Å². The highest BCUT2D eigenvalue weighted by Crippen LogP contribution is 2.16. The Balaban J connectivity index is 2.94. The normalized spacial score (nSPS) is 12.6. The Kier molecular flexibility index (Phi) is 4.50. The van der Waals surface area contributed by atoms with Crippen molar-refractivity contribution in [2.24, 2.45) is 5.92 Å². The Hall–Kier alpha value is -1.35. The zero-order valence-corrected chi connectivity index (χ0v) is 10.3. The van der Waals surface area contributed by atoms with E-state index in [0.29, 0.717) is 11.3 Å². The van der Waals surface area contributed by atoms with Crippen molar-refractivity contribution in [1.29, 1.82) is 0 Å². The summed E-state index contributed by atoms with van der Waals surface area (Å²) in [6.07, 6.45) is 0. The monoisotopic (exact) mass is 221 g/mol. The SMILES string of the molecule is CNC(C(=O)c1cccc(OC)c1)C(C)C. The first kappa shape index (κ1) is 12.7. The van der Waals surface area contributed by atoms with E-state index < -0.39 is 0 Å². The number of ether oxygens (including phenoxy) is 1. The van der Waals surface area contributed by atoms with Crippen molar-refractivity contribution in [1.82, 2.24) is 5.32 Å². The summed E-state index contributed by atoms with van der Waals surface area (Å²) in [5.41, 5.74) is 0.687. The van der Waals surface area contributed by atoms with Crippen molar-refractivity contribution < 1.29 is 9.53 Å². The average molecular weight is 221 g/mol. The highest BCUT2D eigenvalue weighted by Gasteiger charge is 2.21. The maximum absolute atomic E-state index is 12.2. The van der Waals surface area contributed by atoms with Gasteiger partial charge < -0.3 is 10.1 Å². The number of ketones is 1. The van der Waals surface area contributed by atoms with Gasteiger partial charge in [-0.3, -0.25) is 4.79 Å². The van der Waals surface area contributed by atoms with Gasteiger partial charge in [-0.15, -0.1) is 0 Å². The van der Waals surface area contributed by atoms with Gasteiger partial charge in [-0.05, 0) is 25.1 Å². The highest BCUT2D eigenvalue weighted by molar-refractivity contribution is 6.00. The molecule has 0 aliphatic heterocycles. The Labute approximate surface area is 96.8 Å². The fourth-order valence-corrected chi connectivity index (χ4v) is 1.72. The first-order chi connectivity index (χ1) is 7.60. The van der Waals surface area contributed by atoms with Gasteiger partial charge in [-0.25, -0.2) is 0 Å². The lowest BCUT2D eigenvalue weighted by Crippen LogP contribution is -2.38. The van der Waals surface area contributed by atoms with Crippen LogP contribution < -0.4 is 10.1 Å². The van der Waals surface area contributed by atoms with Crippen LogP contribution in [-0.4, -0.2) is 26.0 Å². The van der Waals surface area contributed by atoms with E-state index in [1.54, 1.807) is 13.2 Å². The van der Waals surface area contributed by atoms with Gasteiger partial charge in [0.25, 0.3) is 0 Å². The summed E-state index contributed by atoms with van der Waals surface area (Å²) in [6.45, 7) is 4.05. The molecule has 0 radical (unpaired) electrons. The molecule has 1 aromatic carbocycles. The number of hydrogen-bond donors (Lipinski definition) is 1. The lowest BCUT2D eigenvalue weighted by molar-refractivity contribution is 0.0922. The van der Waals surface area contributed by atoms with Gasteiger partial charge in [-0.1, -0.05) is 26.0 Å². The van der Waals surface area contributed by atoms with Crippen molar-refractivity contribution >= 4 is 5.78 Å². The Morgan fingerprint density at radius 1 is 1.38 bits per heavy atom. The standard InChI is InChI=1S/C13H19NO2/c1-9(2)12(14-3)13(15)10-6-5-7-11(8-10)16-4/h5-9,12,14H,1-4H3. The van der Waals surface area contributed by atoms with Crippen molar-refractivity contribution in [2.75, 3.05) is 14.2 Å². The zero-order chi connectivity index (χ0) is 12.1. The third-order valence-corrected chi connectivity index (χ3v) is 2.61. The maximum Gasteiger partial charge on any atom is 0.180 e. The van der Waals surface area contributed by atoms with Gasteiger partial charge in [0.2, 0.25) is 0 Å². The highest BCUT2D eigenvalue weighted by atomic mass is 16.5. The molecule has 1 aromatic rings. The molecule has 1 rings (SSSR count). The van der Waals surface area contributed by atoms with E-state index in [1.807, 2.05) is 39.1 Å². The number of carbonyl (C=O) groups excluding carboxylic acids is 1. The largest absolute Gasteiger partial charge is 0.497 e. The van der Waals surface area contributed by atoms with Gasteiger partial charge in [0, 0.05) is 5.56 Å². The van der Waals surface area contributed by atoms with E-state index in [1.165, 1.54) is 0 Å². The molecule has 0 aliphatic rings. The fraction of sp³-hybridized carbons (Fsp3) is 0.462. The number of rotatable bonds is 5. The molecule has 1 unspecified atom stereocenters. The van der Waals surface area contributed by atoms with Crippen LogP contribution >= 0.6 is 0 Å². The molecule has 0 saturated carbocycles. The number of Topliss-reactive ketones (excluding diaryl/α,β-unsaturated/α-hetero) is 1. The number of nitrogens with one attached hydrogen (secondary N) is 1. The molecular formula is C13H19NO2. The summed E-state index contributed by atoms with van der Waals surface area (Å²) in [4.78, 5) is 12.2. The predicted octanol–water partition coefficient (Wildman–Crippen LogP) is 2.12. The molecule has 1 atom stereocenters. The van der Waals surface area contributed by atoms with Crippen LogP contribution in [0.15, 0.2) is 24.3 Å².